The first-order chi connectivity index (χ1) is 16.0. The number of aromatic nitrogens is 2. The van der Waals surface area contributed by atoms with E-state index in [4.69, 9.17) is 9.47 Å². The average Bonchev–Trinajstić information content (AvgIpc) is 3.30. The van der Waals surface area contributed by atoms with Gasteiger partial charge >= 0.3 is 0 Å². The number of ether oxygens (including phenoxy) is 2. The Hall–Kier alpha value is -3.46. The van der Waals surface area contributed by atoms with E-state index >= 15 is 0 Å². The van der Waals surface area contributed by atoms with Crippen LogP contribution < -0.4 is 14.8 Å². The zero-order valence-corrected chi connectivity index (χ0v) is 19.9. The number of nitrogens with zero attached hydrogens (tertiary/aromatic N) is 3. The quantitative estimate of drug-likeness (QED) is 0.457. The number of benzene rings is 2. The molecule has 0 spiro atoms. The van der Waals surface area contributed by atoms with Crippen molar-refractivity contribution in [1.82, 2.24) is 15.1 Å². The minimum Gasteiger partial charge on any atom is -0.497 e. The summed E-state index contributed by atoms with van der Waals surface area (Å²) >= 11 is 1.29. The van der Waals surface area contributed by atoms with Crippen LogP contribution in [0, 0.1) is 0 Å². The molecule has 0 aliphatic carbocycles. The van der Waals surface area contributed by atoms with Crippen molar-refractivity contribution in [2.24, 2.45) is 0 Å². The molecular formula is C24H28N4O4S. The predicted octanol–water partition coefficient (Wildman–Crippen LogP) is 4.03. The third kappa shape index (κ3) is 7.01. The molecule has 0 saturated carbocycles. The number of amides is 2. The first-order valence-electron chi connectivity index (χ1n) is 10.7. The third-order valence-corrected chi connectivity index (χ3v) is 5.85. The molecule has 0 aliphatic rings. The number of methoxy groups -OCH3 is 2. The van der Waals surface area contributed by atoms with Gasteiger partial charge in [-0.25, -0.2) is 0 Å². The van der Waals surface area contributed by atoms with Crippen molar-refractivity contribution in [1.29, 1.82) is 0 Å². The lowest BCUT2D eigenvalue weighted by molar-refractivity contribution is -0.131. The van der Waals surface area contributed by atoms with Crippen molar-refractivity contribution >= 4 is 28.3 Å². The SMILES string of the molecule is CCCN(CCC(=O)Nc1nnc(-c2cccc(OC)c2)s1)C(=O)Cc1ccc(OC)cc1. The number of anilines is 1. The lowest BCUT2D eigenvalue weighted by atomic mass is 10.1. The van der Waals surface area contributed by atoms with Gasteiger partial charge in [-0.15, -0.1) is 10.2 Å². The minimum absolute atomic E-state index is 0.00829. The average molecular weight is 469 g/mol. The summed E-state index contributed by atoms with van der Waals surface area (Å²) in [6, 6.07) is 14.9. The van der Waals surface area contributed by atoms with Gasteiger partial charge in [0.2, 0.25) is 16.9 Å². The standard InChI is InChI=1S/C24H28N4O4S/c1-4-13-28(22(30)15-17-8-10-19(31-2)11-9-17)14-12-21(29)25-24-27-26-23(33-24)18-6-5-7-20(16-18)32-3/h5-11,16H,4,12-15H2,1-3H3,(H,25,27,29). The van der Waals surface area contributed by atoms with Gasteiger partial charge in [0.05, 0.1) is 20.6 Å². The van der Waals surface area contributed by atoms with Crippen molar-refractivity contribution in [2.75, 3.05) is 32.6 Å². The molecule has 8 nitrogen and oxygen atoms in total. The highest BCUT2D eigenvalue weighted by Gasteiger charge is 2.16. The highest BCUT2D eigenvalue weighted by atomic mass is 32.1. The number of hydrogen-bond acceptors (Lipinski definition) is 7. The molecular weight excluding hydrogens is 440 g/mol. The molecule has 0 saturated heterocycles. The second-order valence-corrected chi connectivity index (χ2v) is 8.33. The Morgan fingerprint density at radius 3 is 2.45 bits per heavy atom. The van der Waals surface area contributed by atoms with Gasteiger partial charge in [-0.1, -0.05) is 42.5 Å². The van der Waals surface area contributed by atoms with Crippen LogP contribution in [0.5, 0.6) is 11.5 Å². The van der Waals surface area contributed by atoms with Crippen LogP contribution in [0.1, 0.15) is 25.3 Å². The molecule has 1 aromatic heterocycles. The highest BCUT2D eigenvalue weighted by Crippen LogP contribution is 2.28. The molecule has 2 aromatic carbocycles. The Kier molecular flexibility index (Phi) is 8.77. The molecule has 2 amide bonds. The van der Waals surface area contributed by atoms with Gasteiger partial charge in [-0.3, -0.25) is 9.59 Å². The Morgan fingerprint density at radius 1 is 1.00 bits per heavy atom. The van der Waals surface area contributed by atoms with Crippen LogP contribution in [-0.4, -0.2) is 54.2 Å². The monoisotopic (exact) mass is 468 g/mol. The summed E-state index contributed by atoms with van der Waals surface area (Å²) in [6.45, 7) is 2.95. The van der Waals surface area contributed by atoms with Gasteiger partial charge in [0.15, 0.2) is 0 Å². The Morgan fingerprint density at radius 2 is 1.76 bits per heavy atom. The molecule has 0 atom stereocenters. The number of rotatable bonds is 11. The molecule has 174 valence electrons. The summed E-state index contributed by atoms with van der Waals surface area (Å²) in [5.74, 6) is 1.26. The molecule has 0 aliphatic heterocycles. The van der Waals surface area contributed by atoms with Gasteiger partial charge in [-0.05, 0) is 36.2 Å². The molecule has 1 N–H and O–H groups in total. The second-order valence-electron chi connectivity index (χ2n) is 7.35. The lowest BCUT2D eigenvalue weighted by Crippen LogP contribution is -2.35. The maximum atomic E-state index is 12.8. The van der Waals surface area contributed by atoms with E-state index < -0.39 is 0 Å². The highest BCUT2D eigenvalue weighted by molar-refractivity contribution is 7.18. The van der Waals surface area contributed by atoms with Crippen molar-refractivity contribution in [2.45, 2.75) is 26.2 Å². The topological polar surface area (TPSA) is 93.7 Å². The Labute approximate surface area is 197 Å². The second kappa shape index (κ2) is 12.0. The summed E-state index contributed by atoms with van der Waals surface area (Å²) < 4.78 is 10.4. The molecule has 1 heterocycles. The smallest absolute Gasteiger partial charge is 0.227 e. The van der Waals surface area contributed by atoms with Gasteiger partial charge < -0.3 is 19.7 Å². The first-order valence-corrected chi connectivity index (χ1v) is 11.5. The van der Waals surface area contributed by atoms with E-state index in [2.05, 4.69) is 15.5 Å². The van der Waals surface area contributed by atoms with Crippen molar-refractivity contribution in [3.8, 4) is 22.1 Å². The fraction of sp³-hybridized carbons (Fsp3) is 0.333. The van der Waals surface area contributed by atoms with Crippen LogP contribution >= 0.6 is 11.3 Å². The molecule has 33 heavy (non-hydrogen) atoms. The normalized spacial score (nSPS) is 10.5. The van der Waals surface area contributed by atoms with E-state index in [-0.39, 0.29) is 24.7 Å². The van der Waals surface area contributed by atoms with Crippen LogP contribution in [0.2, 0.25) is 0 Å². The van der Waals surface area contributed by atoms with Crippen LogP contribution in [0.4, 0.5) is 5.13 Å². The lowest BCUT2D eigenvalue weighted by Gasteiger charge is -2.22. The van der Waals surface area contributed by atoms with Crippen LogP contribution in [-0.2, 0) is 16.0 Å². The zero-order chi connectivity index (χ0) is 23.6. The summed E-state index contributed by atoms with van der Waals surface area (Å²) in [5, 5.41) is 12.1. The number of carbonyl (C=O) groups is 2. The first kappa shape index (κ1) is 24.2. The van der Waals surface area contributed by atoms with Gasteiger partial charge in [-0.2, -0.15) is 0 Å². The molecule has 3 aromatic rings. The maximum absolute atomic E-state index is 12.8. The Balaban J connectivity index is 1.54. The number of hydrogen-bond donors (Lipinski definition) is 1. The van der Waals surface area contributed by atoms with Crippen LogP contribution in [0.25, 0.3) is 10.6 Å². The fourth-order valence-electron chi connectivity index (χ4n) is 3.23. The molecule has 0 unspecified atom stereocenters. The summed E-state index contributed by atoms with van der Waals surface area (Å²) in [6.07, 6.45) is 1.28. The van der Waals surface area contributed by atoms with Crippen LogP contribution in [0.15, 0.2) is 48.5 Å². The summed E-state index contributed by atoms with van der Waals surface area (Å²) in [7, 11) is 3.21. The largest absolute Gasteiger partial charge is 0.497 e. The van der Waals surface area contributed by atoms with E-state index in [0.717, 1.165) is 29.0 Å². The molecule has 9 heteroatoms. The van der Waals surface area contributed by atoms with Crippen molar-refractivity contribution in [3.63, 3.8) is 0 Å². The fourth-order valence-corrected chi connectivity index (χ4v) is 3.98. The van der Waals surface area contributed by atoms with Crippen molar-refractivity contribution in [3.05, 3.63) is 54.1 Å². The van der Waals surface area contributed by atoms with Gasteiger partial charge in [0.25, 0.3) is 0 Å². The number of carbonyl (C=O) groups excluding carboxylic acids is 2. The van der Waals surface area contributed by atoms with E-state index in [9.17, 15) is 9.59 Å². The number of nitrogens with one attached hydrogen (secondary N) is 1. The zero-order valence-electron chi connectivity index (χ0n) is 19.0. The van der Waals surface area contributed by atoms with Crippen molar-refractivity contribution < 1.29 is 19.1 Å². The predicted molar refractivity (Wildman–Crippen MR) is 129 cm³/mol. The van der Waals surface area contributed by atoms with Crippen LogP contribution in [0.3, 0.4) is 0 Å². The van der Waals surface area contributed by atoms with E-state index in [0.29, 0.717) is 23.2 Å². The third-order valence-electron chi connectivity index (χ3n) is 4.96. The molecule has 3 rings (SSSR count). The van der Waals surface area contributed by atoms with E-state index in [1.54, 1.807) is 19.1 Å². The maximum Gasteiger partial charge on any atom is 0.227 e. The molecule has 0 fully saturated rings. The van der Waals surface area contributed by atoms with Gasteiger partial charge in [0, 0.05) is 25.1 Å². The van der Waals surface area contributed by atoms with Gasteiger partial charge in [0.1, 0.15) is 16.5 Å². The summed E-state index contributed by atoms with van der Waals surface area (Å²) in [5.41, 5.74) is 1.77. The Bertz CT molecular complexity index is 1070. The van der Waals surface area contributed by atoms with E-state index in [1.165, 1.54) is 11.3 Å². The van der Waals surface area contributed by atoms with E-state index in [1.807, 2.05) is 55.5 Å². The molecule has 0 radical (unpaired) electrons. The summed E-state index contributed by atoms with van der Waals surface area (Å²) in [4.78, 5) is 27.0. The molecule has 0 bridgehead atoms. The minimum atomic E-state index is -0.207.